The van der Waals surface area contributed by atoms with Gasteiger partial charge in [-0.15, -0.1) is 0 Å². The van der Waals surface area contributed by atoms with E-state index in [0.29, 0.717) is 26.1 Å². The van der Waals surface area contributed by atoms with Crippen LogP contribution in [0.1, 0.15) is 26.7 Å². The van der Waals surface area contributed by atoms with Crippen LogP contribution in [0.25, 0.3) is 0 Å². The third-order valence-electron chi connectivity index (χ3n) is 3.14. The molecule has 1 rings (SSSR count). The summed E-state index contributed by atoms with van der Waals surface area (Å²) in [5.74, 6) is -2.08. The van der Waals surface area contributed by atoms with Crippen molar-refractivity contribution in [1.29, 1.82) is 0 Å². The molecular weight excluding hydrogens is 304 g/mol. The Morgan fingerprint density at radius 1 is 1.35 bits per heavy atom. The smallest absolute Gasteiger partial charge is 0.303 e. The highest BCUT2D eigenvalue weighted by Crippen LogP contribution is 2.12. The minimum absolute atomic E-state index is 0.0316. The van der Waals surface area contributed by atoms with Crippen LogP contribution in [0, 0.1) is 0 Å². The molecule has 1 atom stereocenters. The fourth-order valence-electron chi connectivity index (χ4n) is 1.96. The summed E-state index contributed by atoms with van der Waals surface area (Å²) >= 11 is 0. The molecule has 1 saturated heterocycles. The fourth-order valence-corrected chi connectivity index (χ4v) is 1.96. The largest absolute Gasteiger partial charge is 0.453 e. The second-order valence-electron chi connectivity index (χ2n) is 5.01. The number of nitrogens with two attached hydrogens (primary N) is 2. The van der Waals surface area contributed by atoms with Crippen molar-refractivity contribution in [1.82, 2.24) is 5.32 Å². The number of amidine groups is 1. The molecule has 0 bridgehead atoms. The average molecular weight is 326 g/mol. The number of ether oxygens (including phenoxy) is 2. The molecule has 0 spiro atoms. The van der Waals surface area contributed by atoms with E-state index in [2.05, 4.69) is 10.3 Å². The molecule has 23 heavy (non-hydrogen) atoms. The maximum absolute atomic E-state index is 12.1. The van der Waals surface area contributed by atoms with Gasteiger partial charge in [0.25, 0.3) is 11.8 Å². The summed E-state index contributed by atoms with van der Waals surface area (Å²) in [6.07, 6.45) is 1.24. The second-order valence-corrected chi connectivity index (χ2v) is 5.01. The third-order valence-corrected chi connectivity index (χ3v) is 3.14. The van der Waals surface area contributed by atoms with Crippen molar-refractivity contribution >= 4 is 23.6 Å². The molecule has 5 N–H and O–H groups in total. The third kappa shape index (κ3) is 6.07. The summed E-state index contributed by atoms with van der Waals surface area (Å²) in [5, 5.41) is 2.45. The highest BCUT2D eigenvalue weighted by atomic mass is 16.5. The molecule has 0 aromatic rings. The van der Waals surface area contributed by atoms with E-state index in [1.54, 1.807) is 0 Å². The van der Waals surface area contributed by atoms with Gasteiger partial charge in [-0.1, -0.05) is 0 Å². The van der Waals surface area contributed by atoms with Crippen LogP contribution < -0.4 is 16.8 Å². The fraction of sp³-hybridized carbons (Fsp3) is 0.571. The van der Waals surface area contributed by atoms with Gasteiger partial charge in [0.15, 0.2) is 6.10 Å². The Kier molecular flexibility index (Phi) is 7.20. The Morgan fingerprint density at radius 3 is 2.43 bits per heavy atom. The van der Waals surface area contributed by atoms with Gasteiger partial charge >= 0.3 is 5.97 Å². The van der Waals surface area contributed by atoms with E-state index in [1.165, 1.54) is 13.8 Å². The van der Waals surface area contributed by atoms with E-state index in [1.807, 2.05) is 0 Å². The number of nitrogens with zero attached hydrogens (tertiary/aromatic N) is 1. The van der Waals surface area contributed by atoms with Crippen molar-refractivity contribution < 1.29 is 23.9 Å². The Bertz CT molecular complexity index is 523. The van der Waals surface area contributed by atoms with Crippen LogP contribution in [0.3, 0.4) is 0 Å². The zero-order chi connectivity index (χ0) is 17.4. The van der Waals surface area contributed by atoms with Gasteiger partial charge in [0, 0.05) is 26.3 Å². The van der Waals surface area contributed by atoms with E-state index in [4.69, 9.17) is 20.9 Å². The van der Waals surface area contributed by atoms with E-state index in [9.17, 15) is 14.4 Å². The van der Waals surface area contributed by atoms with E-state index in [-0.39, 0.29) is 17.5 Å². The number of hydrogen-bond donors (Lipinski definition) is 3. The number of carbonyl (C=O) groups is 3. The number of esters is 1. The number of hydrogen-bond acceptors (Lipinski definition) is 7. The molecule has 128 valence electrons. The summed E-state index contributed by atoms with van der Waals surface area (Å²) < 4.78 is 10.0. The van der Waals surface area contributed by atoms with Crippen LogP contribution in [0.2, 0.25) is 0 Å². The SMILES string of the molecule is CC(=O)O[C@@H](C)C(=O)NC(=NC1CCOCC1)C(=CN)C(N)=O. The van der Waals surface area contributed by atoms with Crippen LogP contribution in [0.4, 0.5) is 0 Å². The molecule has 0 aliphatic carbocycles. The molecule has 1 aliphatic rings. The van der Waals surface area contributed by atoms with Crippen molar-refractivity contribution in [2.45, 2.75) is 38.8 Å². The van der Waals surface area contributed by atoms with Gasteiger partial charge in [-0.3, -0.25) is 19.4 Å². The Balaban J connectivity index is 2.94. The van der Waals surface area contributed by atoms with Crippen molar-refractivity contribution in [2.24, 2.45) is 16.5 Å². The number of nitrogens with one attached hydrogen (secondary N) is 1. The lowest BCUT2D eigenvalue weighted by Gasteiger charge is -2.21. The van der Waals surface area contributed by atoms with Crippen molar-refractivity contribution in [3.63, 3.8) is 0 Å². The number of carbonyl (C=O) groups excluding carboxylic acids is 3. The maximum Gasteiger partial charge on any atom is 0.303 e. The van der Waals surface area contributed by atoms with E-state index < -0.39 is 23.9 Å². The molecule has 2 amide bonds. The summed E-state index contributed by atoms with van der Waals surface area (Å²) in [5.41, 5.74) is 10.6. The molecule has 0 saturated carbocycles. The summed E-state index contributed by atoms with van der Waals surface area (Å²) in [6.45, 7) is 3.67. The van der Waals surface area contributed by atoms with E-state index in [0.717, 1.165) is 6.20 Å². The highest BCUT2D eigenvalue weighted by molar-refractivity contribution is 6.23. The van der Waals surface area contributed by atoms with Crippen LogP contribution in [-0.4, -0.2) is 49.0 Å². The monoisotopic (exact) mass is 326 g/mol. The van der Waals surface area contributed by atoms with Gasteiger partial charge < -0.3 is 26.3 Å². The first-order valence-corrected chi connectivity index (χ1v) is 7.20. The van der Waals surface area contributed by atoms with Gasteiger partial charge in [0.05, 0.1) is 11.6 Å². The van der Waals surface area contributed by atoms with Crippen molar-refractivity contribution in [2.75, 3.05) is 13.2 Å². The zero-order valence-corrected chi connectivity index (χ0v) is 13.2. The topological polar surface area (TPSA) is 146 Å². The van der Waals surface area contributed by atoms with Crippen LogP contribution in [0.15, 0.2) is 16.8 Å². The Hall–Kier alpha value is -2.42. The van der Waals surface area contributed by atoms with E-state index >= 15 is 0 Å². The summed E-state index contributed by atoms with van der Waals surface area (Å²) in [4.78, 5) is 38.8. The number of rotatable bonds is 5. The standard InChI is InChI=1S/C14H22N4O5/c1-8(23-9(2)19)14(21)18-13(11(7-15)12(16)20)17-10-3-5-22-6-4-10/h7-8,10H,3-6,15H2,1-2H3,(H2,16,20)(H,17,18,21)/t8-/m0/s1. The first kappa shape index (κ1) is 18.6. The minimum atomic E-state index is -1.04. The number of primary amides is 1. The lowest BCUT2D eigenvalue weighted by molar-refractivity contribution is -0.152. The van der Waals surface area contributed by atoms with Crippen molar-refractivity contribution in [3.8, 4) is 0 Å². The first-order valence-electron chi connectivity index (χ1n) is 7.20. The van der Waals surface area contributed by atoms with Gasteiger partial charge in [0.2, 0.25) is 0 Å². The second kappa shape index (κ2) is 8.89. The summed E-state index contributed by atoms with van der Waals surface area (Å²) in [7, 11) is 0. The Labute approximate surface area is 134 Å². The quantitative estimate of drug-likeness (QED) is 0.254. The molecular formula is C14H22N4O5. The van der Waals surface area contributed by atoms with Gasteiger partial charge in [-0.2, -0.15) is 0 Å². The zero-order valence-electron chi connectivity index (χ0n) is 13.2. The predicted molar refractivity (Wildman–Crippen MR) is 82.1 cm³/mol. The lowest BCUT2D eigenvalue weighted by Crippen LogP contribution is -2.43. The lowest BCUT2D eigenvalue weighted by atomic mass is 10.1. The maximum atomic E-state index is 12.1. The van der Waals surface area contributed by atoms with Crippen LogP contribution in [0.5, 0.6) is 0 Å². The summed E-state index contributed by atoms with van der Waals surface area (Å²) in [6, 6.07) is -0.127. The average Bonchev–Trinajstić information content (AvgIpc) is 2.47. The van der Waals surface area contributed by atoms with Crippen LogP contribution >= 0.6 is 0 Å². The van der Waals surface area contributed by atoms with Gasteiger partial charge in [0.1, 0.15) is 5.84 Å². The van der Waals surface area contributed by atoms with Gasteiger partial charge in [-0.25, -0.2) is 0 Å². The first-order chi connectivity index (χ1) is 10.8. The van der Waals surface area contributed by atoms with Crippen molar-refractivity contribution in [3.05, 3.63) is 11.8 Å². The number of amides is 2. The molecule has 0 aromatic carbocycles. The van der Waals surface area contributed by atoms with Crippen LogP contribution in [-0.2, 0) is 23.9 Å². The Morgan fingerprint density at radius 2 is 1.96 bits per heavy atom. The minimum Gasteiger partial charge on any atom is -0.453 e. The normalized spacial score (nSPS) is 18.2. The predicted octanol–water partition coefficient (Wildman–Crippen LogP) is -1.04. The molecule has 0 unspecified atom stereocenters. The molecule has 1 fully saturated rings. The molecule has 1 heterocycles. The highest BCUT2D eigenvalue weighted by Gasteiger charge is 2.23. The molecule has 0 aromatic heterocycles. The molecule has 1 aliphatic heterocycles. The van der Waals surface area contributed by atoms with Gasteiger partial charge in [-0.05, 0) is 19.8 Å². The molecule has 9 nitrogen and oxygen atoms in total. The molecule has 0 radical (unpaired) electrons. The number of aliphatic imine (C=N–C) groups is 1. The molecule has 9 heteroatoms.